The standard InChI is InChI=1S/C19H25N3OS/c1-19(2,3)18(23)22-10-9-15(20)16(22)11-14-12-24-17(21-14)13-7-5-4-6-8-13/h4-8,12,15-16H,9-11,20H2,1-3H3. The molecule has 2 atom stereocenters. The lowest BCUT2D eigenvalue weighted by atomic mass is 9.93. The Bertz CT molecular complexity index is 705. The van der Waals surface area contributed by atoms with Crippen molar-refractivity contribution in [3.8, 4) is 10.6 Å². The smallest absolute Gasteiger partial charge is 0.228 e. The van der Waals surface area contributed by atoms with Crippen LogP contribution in [0.4, 0.5) is 0 Å². The van der Waals surface area contributed by atoms with Gasteiger partial charge in [0.15, 0.2) is 0 Å². The zero-order valence-corrected chi connectivity index (χ0v) is 15.3. The minimum absolute atomic E-state index is 0.0261. The van der Waals surface area contributed by atoms with Gasteiger partial charge >= 0.3 is 0 Å². The first kappa shape index (κ1) is 17.1. The van der Waals surface area contributed by atoms with Crippen molar-refractivity contribution in [1.29, 1.82) is 0 Å². The minimum Gasteiger partial charge on any atom is -0.337 e. The van der Waals surface area contributed by atoms with Gasteiger partial charge in [-0.05, 0) is 6.42 Å². The van der Waals surface area contributed by atoms with Gasteiger partial charge in [-0.15, -0.1) is 11.3 Å². The molecule has 24 heavy (non-hydrogen) atoms. The average molecular weight is 343 g/mol. The lowest BCUT2D eigenvalue weighted by molar-refractivity contribution is -0.140. The number of hydrogen-bond donors (Lipinski definition) is 1. The van der Waals surface area contributed by atoms with Gasteiger partial charge in [0.05, 0.1) is 11.7 Å². The topological polar surface area (TPSA) is 59.2 Å². The lowest BCUT2D eigenvalue weighted by Crippen LogP contribution is -2.47. The fourth-order valence-corrected chi connectivity index (χ4v) is 3.99. The van der Waals surface area contributed by atoms with Gasteiger partial charge in [0.2, 0.25) is 5.91 Å². The molecule has 1 aromatic heterocycles. The zero-order valence-electron chi connectivity index (χ0n) is 14.5. The Balaban J connectivity index is 1.77. The number of carbonyl (C=O) groups excluding carboxylic acids is 1. The van der Waals surface area contributed by atoms with Crippen LogP contribution in [0.1, 0.15) is 32.9 Å². The van der Waals surface area contributed by atoms with Crippen molar-refractivity contribution in [2.24, 2.45) is 11.1 Å². The summed E-state index contributed by atoms with van der Waals surface area (Å²) < 4.78 is 0. The number of rotatable bonds is 3. The second kappa shape index (κ2) is 6.65. The van der Waals surface area contributed by atoms with E-state index in [2.05, 4.69) is 17.5 Å². The highest BCUT2D eigenvalue weighted by atomic mass is 32.1. The van der Waals surface area contributed by atoms with Gasteiger partial charge in [0, 0.05) is 35.4 Å². The lowest BCUT2D eigenvalue weighted by Gasteiger charge is -2.32. The Hall–Kier alpha value is -1.72. The van der Waals surface area contributed by atoms with Crippen molar-refractivity contribution in [3.63, 3.8) is 0 Å². The van der Waals surface area contributed by atoms with Crippen LogP contribution in [0.3, 0.4) is 0 Å². The Morgan fingerprint density at radius 1 is 1.33 bits per heavy atom. The van der Waals surface area contributed by atoms with Crippen molar-refractivity contribution < 1.29 is 4.79 Å². The maximum absolute atomic E-state index is 12.7. The molecule has 1 saturated heterocycles. The molecule has 1 aromatic carbocycles. The van der Waals surface area contributed by atoms with E-state index in [1.807, 2.05) is 43.9 Å². The van der Waals surface area contributed by atoms with Crippen LogP contribution in [0.5, 0.6) is 0 Å². The van der Waals surface area contributed by atoms with Gasteiger partial charge < -0.3 is 10.6 Å². The summed E-state index contributed by atoms with van der Waals surface area (Å²) in [6.07, 6.45) is 1.59. The molecule has 0 radical (unpaired) electrons. The molecule has 128 valence electrons. The van der Waals surface area contributed by atoms with Crippen molar-refractivity contribution in [1.82, 2.24) is 9.88 Å². The number of carbonyl (C=O) groups is 1. The van der Waals surface area contributed by atoms with E-state index in [-0.39, 0.29) is 23.4 Å². The molecule has 3 rings (SSSR count). The van der Waals surface area contributed by atoms with E-state index in [1.165, 1.54) is 0 Å². The summed E-state index contributed by atoms with van der Waals surface area (Å²) >= 11 is 1.65. The number of hydrogen-bond acceptors (Lipinski definition) is 4. The van der Waals surface area contributed by atoms with E-state index in [9.17, 15) is 4.79 Å². The molecule has 0 saturated carbocycles. The molecule has 5 heteroatoms. The molecule has 2 aromatic rings. The Kier molecular flexibility index (Phi) is 4.74. The second-order valence-corrected chi connectivity index (χ2v) is 8.34. The molecule has 0 spiro atoms. The van der Waals surface area contributed by atoms with Gasteiger partial charge in [0.1, 0.15) is 5.01 Å². The molecule has 0 aliphatic carbocycles. The van der Waals surface area contributed by atoms with E-state index in [0.29, 0.717) is 0 Å². The predicted molar refractivity (Wildman–Crippen MR) is 98.8 cm³/mol. The summed E-state index contributed by atoms with van der Waals surface area (Å²) in [5.74, 6) is 0.180. The molecular weight excluding hydrogens is 318 g/mol. The van der Waals surface area contributed by atoms with E-state index < -0.39 is 0 Å². The maximum atomic E-state index is 12.7. The molecule has 1 aliphatic rings. The molecule has 2 unspecified atom stereocenters. The maximum Gasteiger partial charge on any atom is 0.228 e. The fourth-order valence-electron chi connectivity index (χ4n) is 3.15. The Labute approximate surface area is 147 Å². The van der Waals surface area contributed by atoms with Crippen LogP contribution in [-0.2, 0) is 11.2 Å². The van der Waals surface area contributed by atoms with Gasteiger partial charge in [-0.1, -0.05) is 51.1 Å². The van der Waals surface area contributed by atoms with Crippen molar-refractivity contribution in [3.05, 3.63) is 41.4 Å². The number of thiazole rings is 1. The van der Waals surface area contributed by atoms with Gasteiger partial charge in [-0.2, -0.15) is 0 Å². The van der Waals surface area contributed by atoms with E-state index in [4.69, 9.17) is 10.7 Å². The van der Waals surface area contributed by atoms with Crippen LogP contribution >= 0.6 is 11.3 Å². The quantitative estimate of drug-likeness (QED) is 0.930. The van der Waals surface area contributed by atoms with Crippen molar-refractivity contribution in [2.75, 3.05) is 6.54 Å². The van der Waals surface area contributed by atoms with Crippen LogP contribution in [0.15, 0.2) is 35.7 Å². The second-order valence-electron chi connectivity index (χ2n) is 7.48. The molecule has 4 nitrogen and oxygen atoms in total. The molecule has 1 amide bonds. The Morgan fingerprint density at radius 2 is 2.04 bits per heavy atom. The number of amides is 1. The highest BCUT2D eigenvalue weighted by Gasteiger charge is 2.39. The average Bonchev–Trinajstić information content (AvgIpc) is 3.15. The first-order valence-corrected chi connectivity index (χ1v) is 9.30. The van der Waals surface area contributed by atoms with Crippen molar-refractivity contribution in [2.45, 2.75) is 45.7 Å². The largest absolute Gasteiger partial charge is 0.337 e. The highest BCUT2D eigenvalue weighted by molar-refractivity contribution is 7.13. The first-order chi connectivity index (χ1) is 11.4. The molecule has 2 heterocycles. The van der Waals surface area contributed by atoms with Gasteiger partial charge in [0.25, 0.3) is 0 Å². The third-order valence-corrected chi connectivity index (χ3v) is 5.43. The molecule has 1 aliphatic heterocycles. The number of nitrogens with zero attached hydrogens (tertiary/aromatic N) is 2. The molecule has 1 fully saturated rings. The van der Waals surface area contributed by atoms with Gasteiger partial charge in [-0.3, -0.25) is 4.79 Å². The third kappa shape index (κ3) is 3.52. The number of nitrogens with two attached hydrogens (primary N) is 1. The molecule has 0 bridgehead atoms. The predicted octanol–water partition coefficient (Wildman–Crippen LogP) is 3.33. The van der Waals surface area contributed by atoms with E-state index in [0.717, 1.165) is 35.7 Å². The number of likely N-dealkylation sites (tertiary alicyclic amines) is 1. The summed E-state index contributed by atoms with van der Waals surface area (Å²) in [4.78, 5) is 19.4. The summed E-state index contributed by atoms with van der Waals surface area (Å²) in [6.45, 7) is 6.64. The van der Waals surface area contributed by atoms with Crippen LogP contribution < -0.4 is 5.73 Å². The Morgan fingerprint density at radius 3 is 2.71 bits per heavy atom. The molecular formula is C19H25N3OS. The van der Waals surface area contributed by atoms with Crippen LogP contribution in [-0.4, -0.2) is 34.4 Å². The number of aromatic nitrogens is 1. The summed E-state index contributed by atoms with van der Waals surface area (Å²) in [7, 11) is 0. The van der Waals surface area contributed by atoms with Crippen LogP contribution in [0.25, 0.3) is 10.6 Å². The van der Waals surface area contributed by atoms with Gasteiger partial charge in [-0.25, -0.2) is 4.98 Å². The van der Waals surface area contributed by atoms with Crippen molar-refractivity contribution >= 4 is 17.2 Å². The highest BCUT2D eigenvalue weighted by Crippen LogP contribution is 2.29. The van der Waals surface area contributed by atoms with Crippen LogP contribution in [0, 0.1) is 5.41 Å². The first-order valence-electron chi connectivity index (χ1n) is 8.43. The summed E-state index contributed by atoms with van der Waals surface area (Å²) in [5.41, 5.74) is 8.08. The monoisotopic (exact) mass is 343 g/mol. The third-order valence-electron chi connectivity index (χ3n) is 4.49. The summed E-state index contributed by atoms with van der Waals surface area (Å²) in [6, 6.07) is 10.3. The van der Waals surface area contributed by atoms with Crippen LogP contribution in [0.2, 0.25) is 0 Å². The van der Waals surface area contributed by atoms with E-state index >= 15 is 0 Å². The fraction of sp³-hybridized carbons (Fsp3) is 0.474. The summed E-state index contributed by atoms with van der Waals surface area (Å²) in [5, 5.41) is 3.11. The van der Waals surface area contributed by atoms with E-state index in [1.54, 1.807) is 11.3 Å². The molecule has 2 N–H and O–H groups in total. The number of benzene rings is 1. The SMILES string of the molecule is CC(C)(C)C(=O)N1CCC(N)C1Cc1csc(-c2ccccc2)n1. The normalized spacial score (nSPS) is 21.2. The zero-order chi connectivity index (χ0) is 17.3. The minimum atomic E-state index is -0.375.